The van der Waals surface area contributed by atoms with Crippen LogP contribution < -0.4 is 14.4 Å². The van der Waals surface area contributed by atoms with Crippen LogP contribution in [0.3, 0.4) is 0 Å². The normalized spacial score (nSPS) is 16.1. The van der Waals surface area contributed by atoms with Gasteiger partial charge in [0.05, 0.1) is 19.9 Å². The predicted molar refractivity (Wildman–Crippen MR) is 83.9 cm³/mol. The van der Waals surface area contributed by atoms with Crippen molar-refractivity contribution in [3.8, 4) is 11.5 Å². The van der Waals surface area contributed by atoms with Gasteiger partial charge < -0.3 is 14.4 Å². The molecule has 0 saturated carbocycles. The van der Waals surface area contributed by atoms with E-state index in [-0.39, 0.29) is 5.69 Å². The van der Waals surface area contributed by atoms with Crippen LogP contribution in [0.15, 0.2) is 17.3 Å². The topological polar surface area (TPSA) is 54.4 Å². The summed E-state index contributed by atoms with van der Waals surface area (Å²) in [6.07, 6.45) is 0. The van der Waals surface area contributed by atoms with Crippen LogP contribution in [0.1, 0.15) is 13.8 Å². The number of hydrogen-bond acceptors (Lipinski definition) is 6. The Kier molecular flexibility index (Phi) is 5.01. The number of benzene rings is 1. The van der Waals surface area contributed by atoms with Crippen LogP contribution in [0.2, 0.25) is 0 Å². The van der Waals surface area contributed by atoms with Gasteiger partial charge in [-0.25, -0.2) is 0 Å². The number of nitroso groups, excluding NO2 is 1. The molecule has 0 atom stereocenters. The quantitative estimate of drug-likeness (QED) is 0.781. The Hall–Kier alpha value is -1.82. The highest BCUT2D eigenvalue weighted by atomic mass is 16.5. The van der Waals surface area contributed by atoms with Gasteiger partial charge in [-0.05, 0) is 19.0 Å². The summed E-state index contributed by atoms with van der Waals surface area (Å²) in [6, 6.07) is 4.03. The molecule has 1 aliphatic heterocycles. The molecule has 6 nitrogen and oxygen atoms in total. The molecule has 0 aromatic heterocycles. The average Bonchev–Trinajstić information content (AvgIpc) is 2.53. The number of rotatable bonds is 5. The molecule has 1 aliphatic rings. The van der Waals surface area contributed by atoms with Crippen molar-refractivity contribution >= 4 is 11.4 Å². The van der Waals surface area contributed by atoms with Crippen molar-refractivity contribution < 1.29 is 9.47 Å². The molecular formula is C15H23N3O3. The van der Waals surface area contributed by atoms with Gasteiger partial charge in [0.1, 0.15) is 11.5 Å². The van der Waals surface area contributed by atoms with Crippen LogP contribution in [-0.2, 0) is 0 Å². The lowest BCUT2D eigenvalue weighted by Crippen LogP contribution is -2.49. The van der Waals surface area contributed by atoms with E-state index in [0.717, 1.165) is 31.9 Å². The standard InChI is InChI=1S/C15H23N3O3/c1-11(2)17-5-7-18(8-6-17)13-10-14(20-3)12(16-19)9-15(13)21-4/h9-11H,5-8H2,1-4H3. The monoisotopic (exact) mass is 293 g/mol. The molecule has 116 valence electrons. The first-order valence-electron chi connectivity index (χ1n) is 7.19. The largest absolute Gasteiger partial charge is 0.494 e. The minimum Gasteiger partial charge on any atom is -0.494 e. The molecule has 1 fully saturated rings. The van der Waals surface area contributed by atoms with Crippen molar-refractivity contribution in [2.45, 2.75) is 19.9 Å². The molecule has 1 heterocycles. The molecular weight excluding hydrogens is 270 g/mol. The fourth-order valence-electron chi connectivity index (χ4n) is 2.66. The Balaban J connectivity index is 2.25. The van der Waals surface area contributed by atoms with E-state index in [1.807, 2.05) is 6.07 Å². The molecule has 2 rings (SSSR count). The van der Waals surface area contributed by atoms with Crippen molar-refractivity contribution in [2.75, 3.05) is 45.3 Å². The Bertz CT molecular complexity index is 497. The predicted octanol–water partition coefficient (Wildman–Crippen LogP) is 2.63. The number of hydrogen-bond donors (Lipinski definition) is 0. The molecule has 1 aromatic carbocycles. The number of anilines is 1. The van der Waals surface area contributed by atoms with Gasteiger partial charge in [-0.1, -0.05) is 0 Å². The van der Waals surface area contributed by atoms with E-state index in [2.05, 4.69) is 28.8 Å². The summed E-state index contributed by atoms with van der Waals surface area (Å²) in [5, 5.41) is 2.99. The zero-order valence-corrected chi connectivity index (χ0v) is 13.1. The van der Waals surface area contributed by atoms with Crippen LogP contribution in [-0.4, -0.2) is 51.3 Å². The zero-order chi connectivity index (χ0) is 15.4. The Labute approximate surface area is 125 Å². The highest BCUT2D eigenvalue weighted by Crippen LogP contribution is 2.40. The molecule has 1 aromatic rings. The maximum Gasteiger partial charge on any atom is 0.153 e. The lowest BCUT2D eigenvalue weighted by atomic mass is 10.2. The third kappa shape index (κ3) is 3.26. The summed E-state index contributed by atoms with van der Waals surface area (Å²) in [5.41, 5.74) is 1.21. The van der Waals surface area contributed by atoms with E-state index in [4.69, 9.17) is 9.47 Å². The summed E-state index contributed by atoms with van der Waals surface area (Å²) >= 11 is 0. The number of ether oxygens (including phenoxy) is 2. The Morgan fingerprint density at radius 1 is 1.05 bits per heavy atom. The SMILES string of the molecule is COc1cc(N2CCN(C(C)C)CC2)c(OC)cc1N=O. The summed E-state index contributed by atoms with van der Waals surface area (Å²) in [4.78, 5) is 15.6. The highest BCUT2D eigenvalue weighted by molar-refractivity contribution is 5.70. The first-order chi connectivity index (χ1) is 10.1. The van der Waals surface area contributed by atoms with Gasteiger partial charge in [0.25, 0.3) is 0 Å². The first-order valence-corrected chi connectivity index (χ1v) is 7.19. The lowest BCUT2D eigenvalue weighted by molar-refractivity contribution is 0.209. The molecule has 0 amide bonds. The van der Waals surface area contributed by atoms with Crippen molar-refractivity contribution in [2.24, 2.45) is 5.18 Å². The van der Waals surface area contributed by atoms with Gasteiger partial charge >= 0.3 is 0 Å². The summed E-state index contributed by atoms with van der Waals surface area (Å²) in [6.45, 7) is 8.29. The molecule has 0 unspecified atom stereocenters. The Morgan fingerprint density at radius 2 is 1.67 bits per heavy atom. The minimum absolute atomic E-state index is 0.263. The van der Waals surface area contributed by atoms with E-state index in [9.17, 15) is 4.91 Å². The van der Waals surface area contributed by atoms with Gasteiger partial charge in [-0.3, -0.25) is 4.90 Å². The fourth-order valence-corrected chi connectivity index (χ4v) is 2.66. The average molecular weight is 293 g/mol. The van der Waals surface area contributed by atoms with Gasteiger partial charge in [0.2, 0.25) is 0 Å². The van der Waals surface area contributed by atoms with Gasteiger partial charge in [-0.15, -0.1) is 4.91 Å². The number of nitrogens with zero attached hydrogens (tertiary/aromatic N) is 3. The third-order valence-corrected chi connectivity index (χ3v) is 3.96. The third-order valence-electron chi connectivity index (χ3n) is 3.96. The van der Waals surface area contributed by atoms with E-state index < -0.39 is 0 Å². The Morgan fingerprint density at radius 3 is 2.14 bits per heavy atom. The molecule has 21 heavy (non-hydrogen) atoms. The summed E-state index contributed by atoms with van der Waals surface area (Å²) in [5.74, 6) is 1.13. The zero-order valence-electron chi connectivity index (χ0n) is 13.1. The minimum atomic E-state index is 0.263. The second-order valence-electron chi connectivity index (χ2n) is 5.40. The van der Waals surface area contributed by atoms with E-state index in [0.29, 0.717) is 17.5 Å². The number of methoxy groups -OCH3 is 2. The van der Waals surface area contributed by atoms with Crippen LogP contribution in [0.5, 0.6) is 11.5 Å². The number of piperazine rings is 1. The van der Waals surface area contributed by atoms with Gasteiger partial charge in [0.15, 0.2) is 5.69 Å². The molecule has 0 bridgehead atoms. The van der Waals surface area contributed by atoms with Gasteiger partial charge in [-0.2, -0.15) is 0 Å². The van der Waals surface area contributed by atoms with Crippen LogP contribution in [0, 0.1) is 4.91 Å². The highest BCUT2D eigenvalue weighted by Gasteiger charge is 2.23. The summed E-state index contributed by atoms with van der Waals surface area (Å²) < 4.78 is 10.6. The van der Waals surface area contributed by atoms with Crippen LogP contribution >= 0.6 is 0 Å². The van der Waals surface area contributed by atoms with Crippen molar-refractivity contribution in [1.82, 2.24) is 4.90 Å². The van der Waals surface area contributed by atoms with Gasteiger partial charge in [0, 0.05) is 44.4 Å². The van der Waals surface area contributed by atoms with Crippen molar-refractivity contribution in [3.63, 3.8) is 0 Å². The molecule has 6 heteroatoms. The molecule has 0 spiro atoms. The second-order valence-corrected chi connectivity index (χ2v) is 5.40. The molecule has 0 N–H and O–H groups in total. The van der Waals surface area contributed by atoms with E-state index in [1.165, 1.54) is 7.11 Å². The molecule has 0 aliphatic carbocycles. The smallest absolute Gasteiger partial charge is 0.153 e. The lowest BCUT2D eigenvalue weighted by Gasteiger charge is -2.38. The van der Waals surface area contributed by atoms with Crippen LogP contribution in [0.25, 0.3) is 0 Å². The first kappa shape index (κ1) is 15.6. The van der Waals surface area contributed by atoms with Crippen LogP contribution in [0.4, 0.5) is 11.4 Å². The maximum absolute atomic E-state index is 10.9. The molecule has 0 radical (unpaired) electrons. The maximum atomic E-state index is 10.9. The van der Waals surface area contributed by atoms with Crippen molar-refractivity contribution in [3.05, 3.63) is 17.0 Å². The van der Waals surface area contributed by atoms with E-state index in [1.54, 1.807) is 13.2 Å². The van der Waals surface area contributed by atoms with E-state index >= 15 is 0 Å². The molecule has 1 saturated heterocycles. The fraction of sp³-hybridized carbons (Fsp3) is 0.600. The van der Waals surface area contributed by atoms with Crippen molar-refractivity contribution in [1.29, 1.82) is 0 Å². The second kappa shape index (κ2) is 6.76. The summed E-state index contributed by atoms with van der Waals surface area (Å²) in [7, 11) is 3.14.